The van der Waals surface area contributed by atoms with Crippen LogP contribution >= 0.6 is 0 Å². The van der Waals surface area contributed by atoms with E-state index in [1.54, 1.807) is 6.20 Å². The van der Waals surface area contributed by atoms with Crippen molar-refractivity contribution in [2.75, 3.05) is 32.7 Å². The highest BCUT2D eigenvalue weighted by atomic mass is 16.1. The lowest BCUT2D eigenvalue weighted by Gasteiger charge is -2.28. The Kier molecular flexibility index (Phi) is 5.35. The van der Waals surface area contributed by atoms with E-state index in [2.05, 4.69) is 39.4 Å². The minimum atomic E-state index is 0.444. The Labute approximate surface area is 178 Å². The van der Waals surface area contributed by atoms with Crippen molar-refractivity contribution < 1.29 is 4.79 Å². The molecule has 0 bridgehead atoms. The number of nitrogens with zero attached hydrogens (tertiary/aromatic N) is 3. The molecule has 1 aromatic carbocycles. The lowest BCUT2D eigenvalue weighted by atomic mass is 10.1. The van der Waals surface area contributed by atoms with Crippen LogP contribution in [0.2, 0.25) is 0 Å². The molecule has 2 aliphatic carbocycles. The number of rotatable bonds is 7. The number of aliphatic imine (C=N–C) groups is 1. The molecular formula is C23H32N6O. The van der Waals surface area contributed by atoms with Gasteiger partial charge in [-0.1, -0.05) is 12.1 Å². The highest BCUT2D eigenvalue weighted by molar-refractivity contribution is 5.95. The van der Waals surface area contributed by atoms with Crippen molar-refractivity contribution in [1.29, 1.82) is 0 Å². The number of benzene rings is 1. The van der Waals surface area contributed by atoms with Crippen molar-refractivity contribution >= 4 is 17.9 Å². The number of carbonyl (C=O) groups excluding carboxylic acids is 1. The molecule has 4 aliphatic rings. The number of nitrogens with two attached hydrogens (primary N) is 2. The third-order valence-corrected chi connectivity index (χ3v) is 7.59. The summed E-state index contributed by atoms with van der Waals surface area (Å²) in [5.74, 6) is 4.47. The Balaban J connectivity index is 1.25. The lowest BCUT2D eigenvalue weighted by Crippen LogP contribution is -2.36. The Bertz CT molecular complexity index is 821. The first kappa shape index (κ1) is 19.7. The topological polar surface area (TPSA) is 100.0 Å². The second kappa shape index (κ2) is 8.13. The monoisotopic (exact) mass is 408 g/mol. The predicted molar refractivity (Wildman–Crippen MR) is 118 cm³/mol. The maximum absolute atomic E-state index is 10.6. The van der Waals surface area contributed by atoms with Gasteiger partial charge in [0.2, 0.25) is 6.41 Å². The van der Waals surface area contributed by atoms with Crippen LogP contribution in [0, 0.1) is 29.6 Å². The average molecular weight is 409 g/mol. The Morgan fingerprint density at radius 2 is 1.90 bits per heavy atom. The van der Waals surface area contributed by atoms with Gasteiger partial charge in [0.1, 0.15) is 5.84 Å². The maximum Gasteiger partial charge on any atom is 0.211 e. The fourth-order valence-corrected chi connectivity index (χ4v) is 5.66. The smallest absolute Gasteiger partial charge is 0.211 e. The van der Waals surface area contributed by atoms with Crippen LogP contribution in [0.25, 0.3) is 0 Å². The molecule has 4 fully saturated rings. The Morgan fingerprint density at radius 1 is 1.13 bits per heavy atom. The highest BCUT2D eigenvalue weighted by Gasteiger charge is 2.53. The quantitative estimate of drug-likeness (QED) is 0.354. The predicted octanol–water partition coefficient (Wildman–Crippen LogP) is 0.892. The summed E-state index contributed by atoms with van der Waals surface area (Å²) >= 11 is 0. The number of likely N-dealkylation sites (tertiary alicyclic amines) is 2. The van der Waals surface area contributed by atoms with Crippen molar-refractivity contribution in [2.24, 2.45) is 46.0 Å². The molecule has 0 spiro atoms. The van der Waals surface area contributed by atoms with Crippen LogP contribution in [-0.4, -0.2) is 60.8 Å². The summed E-state index contributed by atoms with van der Waals surface area (Å²) in [7, 11) is 0. The van der Waals surface area contributed by atoms with E-state index < -0.39 is 0 Å². The van der Waals surface area contributed by atoms with Crippen LogP contribution in [0.4, 0.5) is 5.69 Å². The van der Waals surface area contributed by atoms with Crippen LogP contribution in [0.1, 0.15) is 12.0 Å². The molecule has 7 nitrogen and oxygen atoms in total. The summed E-state index contributed by atoms with van der Waals surface area (Å²) in [6, 6.07) is 8.96. The van der Waals surface area contributed by atoms with Gasteiger partial charge >= 0.3 is 0 Å². The number of hydrogen-bond donors (Lipinski definition) is 3. The zero-order chi connectivity index (χ0) is 20.7. The number of nitrogens with one attached hydrogen (secondary N) is 1. The molecule has 7 heteroatoms. The second-order valence-corrected chi connectivity index (χ2v) is 9.32. The van der Waals surface area contributed by atoms with Gasteiger partial charge in [0.25, 0.3) is 0 Å². The standard InChI is InChI=1S/C23H32N6O/c24-9-18-17-6-8-29(13-19(17)18)22(5-7-26-14-30)27-16-3-1-15(2-4-16)10-28-11-20-21(12-28)23(20)25/h1-5,7,14,17-21,23H,6,8-13,24-25H2,(H,26,30)/b7-5-,27-22?. The van der Waals surface area contributed by atoms with Gasteiger partial charge in [-0.25, -0.2) is 4.99 Å². The normalized spacial score (nSPS) is 35.3. The number of piperidine rings is 2. The SMILES string of the molecule is NCC1C2CCN(C(/C=C\NC=O)=Nc3ccc(CN4CC5C(N)C5C4)cc3)CC12. The molecule has 5 N–H and O–H groups in total. The molecule has 2 heterocycles. The highest BCUT2D eigenvalue weighted by Crippen LogP contribution is 2.51. The number of carbonyl (C=O) groups is 1. The minimum Gasteiger partial charge on any atom is -0.356 e. The van der Waals surface area contributed by atoms with Crippen molar-refractivity contribution in [2.45, 2.75) is 19.0 Å². The number of hydrogen-bond acceptors (Lipinski definition) is 5. The van der Waals surface area contributed by atoms with Gasteiger partial charge in [0.15, 0.2) is 0 Å². The number of amides is 1. The molecule has 0 aromatic heterocycles. The molecule has 2 saturated carbocycles. The molecule has 5 unspecified atom stereocenters. The summed E-state index contributed by atoms with van der Waals surface area (Å²) in [5.41, 5.74) is 14.2. The van der Waals surface area contributed by atoms with E-state index in [9.17, 15) is 4.79 Å². The molecule has 30 heavy (non-hydrogen) atoms. The average Bonchev–Trinajstić information content (AvgIpc) is 3.56. The van der Waals surface area contributed by atoms with E-state index in [-0.39, 0.29) is 0 Å². The van der Waals surface area contributed by atoms with Crippen molar-refractivity contribution in [3.8, 4) is 0 Å². The number of amidine groups is 1. The van der Waals surface area contributed by atoms with Crippen LogP contribution in [0.3, 0.4) is 0 Å². The molecule has 5 atom stereocenters. The fourth-order valence-electron chi connectivity index (χ4n) is 5.66. The van der Waals surface area contributed by atoms with E-state index >= 15 is 0 Å². The van der Waals surface area contributed by atoms with Crippen LogP contribution in [0.5, 0.6) is 0 Å². The van der Waals surface area contributed by atoms with E-state index in [1.165, 1.54) is 12.0 Å². The minimum absolute atomic E-state index is 0.444. The van der Waals surface area contributed by atoms with Gasteiger partial charge < -0.3 is 21.7 Å². The van der Waals surface area contributed by atoms with Crippen molar-refractivity contribution in [3.63, 3.8) is 0 Å². The third kappa shape index (κ3) is 3.89. The van der Waals surface area contributed by atoms with Gasteiger partial charge in [-0.2, -0.15) is 0 Å². The van der Waals surface area contributed by atoms with Gasteiger partial charge in [-0.15, -0.1) is 0 Å². The molecule has 160 valence electrons. The van der Waals surface area contributed by atoms with E-state index in [0.29, 0.717) is 24.3 Å². The molecule has 1 aromatic rings. The first-order valence-corrected chi connectivity index (χ1v) is 11.1. The van der Waals surface area contributed by atoms with Gasteiger partial charge in [-0.05, 0) is 66.3 Å². The van der Waals surface area contributed by atoms with E-state index in [0.717, 1.165) is 68.5 Å². The van der Waals surface area contributed by atoms with Crippen molar-refractivity contribution in [3.05, 3.63) is 42.1 Å². The fraction of sp³-hybridized carbons (Fsp3) is 0.565. The van der Waals surface area contributed by atoms with E-state index in [1.807, 2.05) is 6.08 Å². The molecule has 2 saturated heterocycles. The lowest BCUT2D eigenvalue weighted by molar-refractivity contribution is -0.108. The molecule has 5 rings (SSSR count). The summed E-state index contributed by atoms with van der Waals surface area (Å²) < 4.78 is 0. The van der Waals surface area contributed by atoms with Crippen LogP contribution in [0.15, 0.2) is 41.5 Å². The molecule has 0 radical (unpaired) electrons. The maximum atomic E-state index is 10.6. The summed E-state index contributed by atoms with van der Waals surface area (Å²) in [5, 5.41) is 2.60. The van der Waals surface area contributed by atoms with Gasteiger partial charge in [0.05, 0.1) is 5.69 Å². The zero-order valence-electron chi connectivity index (χ0n) is 17.4. The summed E-state index contributed by atoms with van der Waals surface area (Å²) in [6.07, 6.45) is 5.39. The van der Waals surface area contributed by atoms with Gasteiger partial charge in [0, 0.05) is 45.0 Å². The first-order valence-electron chi connectivity index (χ1n) is 11.1. The number of fused-ring (bicyclic) bond motifs is 2. The largest absolute Gasteiger partial charge is 0.356 e. The Hall–Kier alpha value is -2.22. The summed E-state index contributed by atoms with van der Waals surface area (Å²) in [6.45, 7) is 6.00. The Morgan fingerprint density at radius 3 is 2.60 bits per heavy atom. The van der Waals surface area contributed by atoms with Crippen molar-refractivity contribution in [1.82, 2.24) is 15.1 Å². The zero-order valence-corrected chi connectivity index (χ0v) is 17.4. The molecule has 2 aliphatic heterocycles. The molecular weight excluding hydrogens is 376 g/mol. The second-order valence-electron chi connectivity index (χ2n) is 9.32. The third-order valence-electron chi connectivity index (χ3n) is 7.59. The first-order chi connectivity index (χ1) is 14.7. The van der Waals surface area contributed by atoms with Gasteiger partial charge in [-0.3, -0.25) is 9.69 Å². The molecule has 1 amide bonds. The summed E-state index contributed by atoms with van der Waals surface area (Å²) in [4.78, 5) is 20.4. The van der Waals surface area contributed by atoms with Crippen LogP contribution in [-0.2, 0) is 11.3 Å². The van der Waals surface area contributed by atoms with Crippen LogP contribution < -0.4 is 16.8 Å². The van der Waals surface area contributed by atoms with E-state index in [4.69, 9.17) is 16.5 Å².